The summed E-state index contributed by atoms with van der Waals surface area (Å²) in [4.78, 5) is 11.4. The molecule has 0 aliphatic carbocycles. The number of Topliss-reactive ketones (excluding diaryl/α,β-unsaturated/α-hetero) is 1. The van der Waals surface area contributed by atoms with E-state index in [-0.39, 0.29) is 5.78 Å². The van der Waals surface area contributed by atoms with Crippen molar-refractivity contribution >= 4 is 21.7 Å². The first-order valence-corrected chi connectivity index (χ1v) is 7.05. The minimum atomic E-state index is -0.0108. The highest BCUT2D eigenvalue weighted by Crippen LogP contribution is 2.40. The molecule has 0 unspecified atom stereocenters. The van der Waals surface area contributed by atoms with Crippen molar-refractivity contribution in [3.05, 3.63) is 46.4 Å². The largest absolute Gasteiger partial charge is 0.493 e. The van der Waals surface area contributed by atoms with E-state index in [2.05, 4.69) is 15.9 Å². The van der Waals surface area contributed by atoms with Gasteiger partial charge in [0.25, 0.3) is 0 Å². The first kappa shape index (κ1) is 15.4. The molecule has 2 aromatic rings. The van der Waals surface area contributed by atoms with Gasteiger partial charge in [-0.3, -0.25) is 4.79 Å². The smallest absolute Gasteiger partial charge is 0.210 e. The van der Waals surface area contributed by atoms with Crippen molar-refractivity contribution in [2.45, 2.75) is 6.92 Å². The Hall–Kier alpha value is -2.01. The van der Waals surface area contributed by atoms with Crippen molar-refractivity contribution in [2.75, 3.05) is 14.2 Å². The standard InChI is InChI=1S/C16H15BrO4/c1-10(18)12-8-7-11(9-13(12)17)21-16-14(19-2)5-4-6-15(16)20-3/h4-9H,1-3H3. The lowest BCUT2D eigenvalue weighted by Crippen LogP contribution is -1.96. The molecule has 0 aromatic heterocycles. The predicted molar refractivity (Wildman–Crippen MR) is 83.8 cm³/mol. The molecule has 0 atom stereocenters. The molecule has 0 fully saturated rings. The van der Waals surface area contributed by atoms with Crippen molar-refractivity contribution in [3.63, 3.8) is 0 Å². The number of benzene rings is 2. The summed E-state index contributed by atoms with van der Waals surface area (Å²) in [5.74, 6) is 2.20. The third-order valence-electron chi connectivity index (χ3n) is 2.92. The third-order valence-corrected chi connectivity index (χ3v) is 3.58. The van der Waals surface area contributed by atoms with Gasteiger partial charge in [0.1, 0.15) is 5.75 Å². The summed E-state index contributed by atoms with van der Waals surface area (Å²) in [6.07, 6.45) is 0. The van der Waals surface area contributed by atoms with Crippen molar-refractivity contribution < 1.29 is 19.0 Å². The molecule has 0 aliphatic rings. The van der Waals surface area contributed by atoms with E-state index in [1.165, 1.54) is 6.92 Å². The molecule has 0 radical (unpaired) electrons. The minimum absolute atomic E-state index is 0.0108. The fourth-order valence-electron chi connectivity index (χ4n) is 1.88. The Kier molecular flexibility index (Phi) is 4.85. The van der Waals surface area contributed by atoms with E-state index >= 15 is 0 Å². The molecule has 0 heterocycles. The van der Waals surface area contributed by atoms with Crippen LogP contribution >= 0.6 is 15.9 Å². The maximum absolute atomic E-state index is 11.4. The van der Waals surface area contributed by atoms with Gasteiger partial charge in [-0.1, -0.05) is 6.07 Å². The van der Waals surface area contributed by atoms with Crippen LogP contribution in [0.3, 0.4) is 0 Å². The van der Waals surface area contributed by atoms with E-state index < -0.39 is 0 Å². The van der Waals surface area contributed by atoms with Crippen molar-refractivity contribution in [1.29, 1.82) is 0 Å². The number of carbonyl (C=O) groups excluding carboxylic acids is 1. The molecule has 0 saturated heterocycles. The van der Waals surface area contributed by atoms with Crippen LogP contribution in [0.15, 0.2) is 40.9 Å². The van der Waals surface area contributed by atoms with Crippen LogP contribution in [0.2, 0.25) is 0 Å². The minimum Gasteiger partial charge on any atom is -0.493 e. The molecule has 5 heteroatoms. The van der Waals surface area contributed by atoms with E-state index in [0.29, 0.717) is 33.0 Å². The quantitative estimate of drug-likeness (QED) is 0.746. The lowest BCUT2D eigenvalue weighted by atomic mass is 10.1. The van der Waals surface area contributed by atoms with Gasteiger partial charge in [0, 0.05) is 10.0 Å². The second-order valence-electron chi connectivity index (χ2n) is 4.29. The Labute approximate surface area is 131 Å². The van der Waals surface area contributed by atoms with Crippen LogP contribution in [0.1, 0.15) is 17.3 Å². The number of hydrogen-bond donors (Lipinski definition) is 0. The number of para-hydroxylation sites is 1. The van der Waals surface area contributed by atoms with E-state index in [1.807, 2.05) is 6.07 Å². The number of halogens is 1. The van der Waals surface area contributed by atoms with Gasteiger partial charge in [-0.2, -0.15) is 0 Å². The Balaban J connectivity index is 2.38. The second kappa shape index (κ2) is 6.63. The zero-order valence-electron chi connectivity index (χ0n) is 12.0. The van der Waals surface area contributed by atoms with Crippen LogP contribution < -0.4 is 14.2 Å². The maximum atomic E-state index is 11.4. The molecule has 0 aliphatic heterocycles. The van der Waals surface area contributed by atoms with Gasteiger partial charge in [-0.05, 0) is 53.2 Å². The first-order chi connectivity index (χ1) is 10.1. The number of ether oxygens (including phenoxy) is 3. The van der Waals surface area contributed by atoms with Gasteiger partial charge < -0.3 is 14.2 Å². The number of rotatable bonds is 5. The average molecular weight is 351 g/mol. The Bertz CT molecular complexity index is 645. The van der Waals surface area contributed by atoms with E-state index in [9.17, 15) is 4.79 Å². The molecule has 0 spiro atoms. The molecule has 0 saturated carbocycles. The lowest BCUT2D eigenvalue weighted by Gasteiger charge is -2.14. The summed E-state index contributed by atoms with van der Waals surface area (Å²) in [7, 11) is 3.13. The maximum Gasteiger partial charge on any atom is 0.210 e. The Morgan fingerprint density at radius 1 is 1.05 bits per heavy atom. The molecule has 0 N–H and O–H groups in total. The molecule has 2 rings (SSSR count). The topological polar surface area (TPSA) is 44.8 Å². The molecule has 0 bridgehead atoms. The van der Waals surface area contributed by atoms with E-state index in [4.69, 9.17) is 14.2 Å². The number of ketones is 1. The van der Waals surface area contributed by atoms with Crippen LogP contribution in [-0.2, 0) is 0 Å². The second-order valence-corrected chi connectivity index (χ2v) is 5.15. The third kappa shape index (κ3) is 3.36. The fraction of sp³-hybridized carbons (Fsp3) is 0.188. The monoisotopic (exact) mass is 350 g/mol. The number of methoxy groups -OCH3 is 2. The highest BCUT2D eigenvalue weighted by Gasteiger charge is 2.13. The van der Waals surface area contributed by atoms with Gasteiger partial charge in [0.15, 0.2) is 17.3 Å². The normalized spacial score (nSPS) is 10.1. The predicted octanol–water partition coefficient (Wildman–Crippen LogP) is 4.46. The molecule has 110 valence electrons. The molecule has 21 heavy (non-hydrogen) atoms. The number of hydrogen-bond acceptors (Lipinski definition) is 4. The van der Waals surface area contributed by atoms with Gasteiger partial charge in [-0.15, -0.1) is 0 Å². The summed E-state index contributed by atoms with van der Waals surface area (Å²) >= 11 is 3.37. The average Bonchev–Trinajstić information content (AvgIpc) is 2.47. The van der Waals surface area contributed by atoms with Crippen LogP contribution in [0.5, 0.6) is 23.0 Å². The lowest BCUT2D eigenvalue weighted by molar-refractivity contribution is 0.101. The van der Waals surface area contributed by atoms with Crippen LogP contribution in [0.4, 0.5) is 0 Å². The summed E-state index contributed by atoms with van der Waals surface area (Å²) in [5, 5.41) is 0. The van der Waals surface area contributed by atoms with Gasteiger partial charge in [0.2, 0.25) is 5.75 Å². The summed E-state index contributed by atoms with van der Waals surface area (Å²) in [5.41, 5.74) is 0.606. The molecular weight excluding hydrogens is 336 g/mol. The van der Waals surface area contributed by atoms with Crippen molar-refractivity contribution in [1.82, 2.24) is 0 Å². The Morgan fingerprint density at radius 3 is 2.14 bits per heavy atom. The zero-order valence-corrected chi connectivity index (χ0v) is 13.6. The van der Waals surface area contributed by atoms with Crippen LogP contribution in [-0.4, -0.2) is 20.0 Å². The summed E-state index contributed by atoms with van der Waals surface area (Å²) in [6.45, 7) is 1.52. The SMILES string of the molecule is COc1cccc(OC)c1Oc1ccc(C(C)=O)c(Br)c1. The fourth-order valence-corrected chi connectivity index (χ4v) is 2.52. The molecule has 4 nitrogen and oxygen atoms in total. The van der Waals surface area contributed by atoms with Crippen molar-refractivity contribution in [2.24, 2.45) is 0 Å². The summed E-state index contributed by atoms with van der Waals surface area (Å²) < 4.78 is 17.1. The van der Waals surface area contributed by atoms with Crippen LogP contribution in [0.25, 0.3) is 0 Å². The highest BCUT2D eigenvalue weighted by molar-refractivity contribution is 9.10. The van der Waals surface area contributed by atoms with Gasteiger partial charge in [0.05, 0.1) is 14.2 Å². The highest BCUT2D eigenvalue weighted by atomic mass is 79.9. The zero-order chi connectivity index (χ0) is 15.4. The van der Waals surface area contributed by atoms with Crippen LogP contribution in [0, 0.1) is 0 Å². The number of carbonyl (C=O) groups is 1. The molecular formula is C16H15BrO4. The first-order valence-electron chi connectivity index (χ1n) is 6.26. The molecule has 2 aromatic carbocycles. The van der Waals surface area contributed by atoms with Gasteiger partial charge in [-0.25, -0.2) is 0 Å². The van der Waals surface area contributed by atoms with E-state index in [1.54, 1.807) is 44.6 Å². The molecule has 0 amide bonds. The Morgan fingerprint density at radius 2 is 1.67 bits per heavy atom. The van der Waals surface area contributed by atoms with Crippen molar-refractivity contribution in [3.8, 4) is 23.0 Å². The van der Waals surface area contributed by atoms with Gasteiger partial charge >= 0.3 is 0 Å². The van der Waals surface area contributed by atoms with E-state index in [0.717, 1.165) is 0 Å². The summed E-state index contributed by atoms with van der Waals surface area (Å²) in [6, 6.07) is 10.6.